The molecule has 0 spiro atoms. The lowest BCUT2D eigenvalue weighted by molar-refractivity contribution is 0.406. The van der Waals surface area contributed by atoms with Crippen molar-refractivity contribution in [1.82, 2.24) is 4.98 Å². The van der Waals surface area contributed by atoms with Crippen LogP contribution in [0.15, 0.2) is 16.7 Å². The zero-order valence-corrected chi connectivity index (χ0v) is 13.3. The zero-order chi connectivity index (χ0) is 12.3. The van der Waals surface area contributed by atoms with Crippen molar-refractivity contribution < 1.29 is 0 Å². The van der Waals surface area contributed by atoms with Gasteiger partial charge < -0.3 is 4.90 Å². The van der Waals surface area contributed by atoms with E-state index in [9.17, 15) is 0 Å². The number of pyridine rings is 1. The molecule has 1 aliphatic heterocycles. The summed E-state index contributed by atoms with van der Waals surface area (Å²) in [6.07, 6.45) is 5.83. The van der Waals surface area contributed by atoms with Gasteiger partial charge in [0, 0.05) is 29.1 Å². The fourth-order valence-corrected chi connectivity index (χ4v) is 3.22. The van der Waals surface area contributed by atoms with Crippen LogP contribution in [0.4, 0.5) is 5.82 Å². The van der Waals surface area contributed by atoms with Gasteiger partial charge in [-0.3, -0.25) is 0 Å². The summed E-state index contributed by atoms with van der Waals surface area (Å²) in [6.45, 7) is 4.42. The van der Waals surface area contributed by atoms with Gasteiger partial charge in [0.25, 0.3) is 0 Å². The van der Waals surface area contributed by atoms with Gasteiger partial charge in [-0.05, 0) is 59.7 Å². The Morgan fingerprint density at radius 1 is 1.53 bits per heavy atom. The number of rotatable bonds is 3. The molecule has 0 amide bonds. The lowest BCUT2D eigenvalue weighted by Crippen LogP contribution is -2.36. The molecule has 1 atom stereocenters. The summed E-state index contributed by atoms with van der Waals surface area (Å²) in [5, 5.41) is 1.11. The summed E-state index contributed by atoms with van der Waals surface area (Å²) >= 11 is 7.04. The van der Waals surface area contributed by atoms with Crippen LogP contribution in [0.1, 0.15) is 24.8 Å². The van der Waals surface area contributed by atoms with Crippen molar-refractivity contribution in [3.63, 3.8) is 0 Å². The number of hydrogen-bond acceptors (Lipinski definition) is 2. The SMILES string of the molecule is Cc1cc(N2CCCC(CCBr)C2)ncc1Br. The first-order valence-electron chi connectivity index (χ1n) is 6.13. The molecule has 0 aromatic carbocycles. The quantitative estimate of drug-likeness (QED) is 0.751. The molecule has 1 unspecified atom stereocenters. The fourth-order valence-electron chi connectivity index (χ4n) is 2.36. The lowest BCUT2D eigenvalue weighted by Gasteiger charge is -2.33. The van der Waals surface area contributed by atoms with Gasteiger partial charge in [0.05, 0.1) is 0 Å². The van der Waals surface area contributed by atoms with Gasteiger partial charge in [0.15, 0.2) is 0 Å². The average Bonchev–Trinajstić information content (AvgIpc) is 2.33. The maximum Gasteiger partial charge on any atom is 0.128 e. The van der Waals surface area contributed by atoms with Gasteiger partial charge in [-0.1, -0.05) is 15.9 Å². The third-order valence-corrected chi connectivity index (χ3v) is 4.68. The van der Waals surface area contributed by atoms with Crippen molar-refractivity contribution in [1.29, 1.82) is 0 Å². The van der Waals surface area contributed by atoms with Crippen LogP contribution >= 0.6 is 31.9 Å². The lowest BCUT2D eigenvalue weighted by atomic mass is 9.95. The van der Waals surface area contributed by atoms with Gasteiger partial charge in [-0.25, -0.2) is 4.98 Å². The highest BCUT2D eigenvalue weighted by atomic mass is 79.9. The number of hydrogen-bond donors (Lipinski definition) is 0. The Bertz CT molecular complexity index is 380. The second-order valence-corrected chi connectivity index (χ2v) is 6.37. The summed E-state index contributed by atoms with van der Waals surface area (Å²) in [4.78, 5) is 6.95. The Morgan fingerprint density at radius 3 is 3.06 bits per heavy atom. The van der Waals surface area contributed by atoms with Crippen LogP contribution in [-0.4, -0.2) is 23.4 Å². The third-order valence-electron chi connectivity index (χ3n) is 3.39. The third kappa shape index (κ3) is 3.44. The van der Waals surface area contributed by atoms with Gasteiger partial charge in [0.2, 0.25) is 0 Å². The van der Waals surface area contributed by atoms with E-state index >= 15 is 0 Å². The van der Waals surface area contributed by atoms with Crippen molar-refractivity contribution in [3.8, 4) is 0 Å². The predicted octanol–water partition coefficient (Wildman–Crippen LogP) is 4.15. The summed E-state index contributed by atoms with van der Waals surface area (Å²) in [5.74, 6) is 1.94. The van der Waals surface area contributed by atoms with E-state index in [4.69, 9.17) is 0 Å². The number of aryl methyl sites for hydroxylation is 1. The van der Waals surface area contributed by atoms with E-state index in [2.05, 4.69) is 54.7 Å². The Kier molecular flexibility index (Phi) is 4.86. The van der Waals surface area contributed by atoms with Crippen LogP contribution < -0.4 is 4.90 Å². The Balaban J connectivity index is 2.08. The number of nitrogens with zero attached hydrogens (tertiary/aromatic N) is 2. The molecular formula is C13H18Br2N2. The van der Waals surface area contributed by atoms with Crippen molar-refractivity contribution in [2.75, 3.05) is 23.3 Å². The van der Waals surface area contributed by atoms with E-state index in [0.717, 1.165) is 34.6 Å². The van der Waals surface area contributed by atoms with Crippen molar-refractivity contribution in [3.05, 3.63) is 22.3 Å². The molecule has 1 aromatic rings. The summed E-state index contributed by atoms with van der Waals surface area (Å²) in [6, 6.07) is 2.18. The molecule has 2 heterocycles. The van der Waals surface area contributed by atoms with Gasteiger partial charge in [0.1, 0.15) is 5.82 Å². The monoisotopic (exact) mass is 360 g/mol. The highest BCUT2D eigenvalue weighted by Crippen LogP contribution is 2.26. The van der Waals surface area contributed by atoms with Crippen LogP contribution in [0, 0.1) is 12.8 Å². The molecule has 4 heteroatoms. The first-order valence-corrected chi connectivity index (χ1v) is 8.05. The van der Waals surface area contributed by atoms with Crippen LogP contribution in [0.25, 0.3) is 0 Å². The highest BCUT2D eigenvalue weighted by Gasteiger charge is 2.20. The number of anilines is 1. The molecule has 1 saturated heterocycles. The van der Waals surface area contributed by atoms with E-state index in [0.29, 0.717) is 0 Å². The predicted molar refractivity (Wildman–Crippen MR) is 80.0 cm³/mol. The van der Waals surface area contributed by atoms with Crippen LogP contribution in [0.5, 0.6) is 0 Å². The highest BCUT2D eigenvalue weighted by molar-refractivity contribution is 9.10. The van der Waals surface area contributed by atoms with Gasteiger partial charge in [-0.15, -0.1) is 0 Å². The largest absolute Gasteiger partial charge is 0.356 e. The molecule has 0 bridgehead atoms. The smallest absolute Gasteiger partial charge is 0.128 e. The van der Waals surface area contributed by atoms with Crippen LogP contribution in [0.3, 0.4) is 0 Å². The minimum Gasteiger partial charge on any atom is -0.356 e. The summed E-state index contributed by atoms with van der Waals surface area (Å²) in [5.41, 5.74) is 1.26. The number of aromatic nitrogens is 1. The number of piperidine rings is 1. The summed E-state index contributed by atoms with van der Waals surface area (Å²) in [7, 11) is 0. The molecule has 0 aliphatic carbocycles. The molecule has 0 N–H and O–H groups in total. The molecule has 1 aliphatic rings. The fraction of sp³-hybridized carbons (Fsp3) is 0.615. The topological polar surface area (TPSA) is 16.1 Å². The molecule has 1 fully saturated rings. The normalized spacial score (nSPS) is 20.6. The van der Waals surface area contributed by atoms with E-state index in [1.807, 2.05) is 6.20 Å². The maximum atomic E-state index is 4.52. The van der Waals surface area contributed by atoms with Crippen molar-refractivity contribution in [2.45, 2.75) is 26.2 Å². The zero-order valence-electron chi connectivity index (χ0n) is 10.1. The average molecular weight is 362 g/mol. The molecule has 0 radical (unpaired) electrons. The maximum absolute atomic E-state index is 4.52. The Labute approximate surface area is 120 Å². The molecule has 17 heavy (non-hydrogen) atoms. The minimum atomic E-state index is 0.814. The molecule has 0 saturated carbocycles. The number of alkyl halides is 1. The first kappa shape index (κ1) is 13.3. The number of halogens is 2. The van der Waals surface area contributed by atoms with E-state index in [1.165, 1.54) is 24.8 Å². The Morgan fingerprint density at radius 2 is 2.35 bits per heavy atom. The Hall–Kier alpha value is -0.0900. The van der Waals surface area contributed by atoms with Gasteiger partial charge >= 0.3 is 0 Å². The molecule has 94 valence electrons. The van der Waals surface area contributed by atoms with E-state index in [1.54, 1.807) is 0 Å². The molecule has 1 aromatic heterocycles. The van der Waals surface area contributed by atoms with Gasteiger partial charge in [-0.2, -0.15) is 0 Å². The van der Waals surface area contributed by atoms with Crippen molar-refractivity contribution >= 4 is 37.7 Å². The molecular weight excluding hydrogens is 344 g/mol. The van der Waals surface area contributed by atoms with E-state index < -0.39 is 0 Å². The van der Waals surface area contributed by atoms with Crippen LogP contribution in [-0.2, 0) is 0 Å². The summed E-state index contributed by atoms with van der Waals surface area (Å²) < 4.78 is 1.09. The second kappa shape index (κ2) is 6.19. The molecule has 2 rings (SSSR count). The minimum absolute atomic E-state index is 0.814. The van der Waals surface area contributed by atoms with E-state index in [-0.39, 0.29) is 0 Å². The second-order valence-electron chi connectivity index (χ2n) is 4.72. The van der Waals surface area contributed by atoms with Crippen LogP contribution in [0.2, 0.25) is 0 Å². The van der Waals surface area contributed by atoms with Crippen molar-refractivity contribution in [2.24, 2.45) is 5.92 Å². The molecule has 2 nitrogen and oxygen atoms in total. The standard InChI is InChI=1S/C13H18Br2N2/c1-10-7-13(16-8-12(10)15)17-6-2-3-11(9-17)4-5-14/h7-8,11H,2-6,9H2,1H3. The first-order chi connectivity index (χ1) is 8.20.